The Morgan fingerprint density at radius 1 is 1.67 bits per heavy atom. The van der Waals surface area contributed by atoms with E-state index in [0.717, 1.165) is 31.8 Å². The molecule has 0 amide bonds. The van der Waals surface area contributed by atoms with Crippen molar-refractivity contribution in [3.8, 4) is 0 Å². The molecule has 0 aromatic rings. The van der Waals surface area contributed by atoms with Gasteiger partial charge in [0.2, 0.25) is 0 Å². The van der Waals surface area contributed by atoms with E-state index in [1.807, 2.05) is 6.08 Å². The van der Waals surface area contributed by atoms with Gasteiger partial charge >= 0.3 is 5.97 Å². The normalized spacial score (nSPS) is 24.5. The van der Waals surface area contributed by atoms with E-state index in [1.165, 1.54) is 7.11 Å². The molecule has 15 heavy (non-hydrogen) atoms. The Labute approximate surface area is 89.8 Å². The predicted molar refractivity (Wildman–Crippen MR) is 55.5 cm³/mol. The lowest BCUT2D eigenvalue weighted by Crippen LogP contribution is -2.63. The van der Waals surface area contributed by atoms with Crippen LogP contribution in [-0.2, 0) is 14.3 Å². The van der Waals surface area contributed by atoms with Crippen LogP contribution in [0.1, 0.15) is 13.3 Å². The van der Waals surface area contributed by atoms with E-state index in [4.69, 9.17) is 9.47 Å². The van der Waals surface area contributed by atoms with Crippen LogP contribution in [0.3, 0.4) is 0 Å². The van der Waals surface area contributed by atoms with Crippen molar-refractivity contribution in [2.24, 2.45) is 0 Å². The van der Waals surface area contributed by atoms with Crippen LogP contribution in [-0.4, -0.2) is 49.8 Å². The molecule has 0 saturated carbocycles. The van der Waals surface area contributed by atoms with Crippen molar-refractivity contribution in [2.75, 3.05) is 33.4 Å². The minimum absolute atomic E-state index is 0.159. The van der Waals surface area contributed by atoms with Gasteiger partial charge < -0.3 is 9.47 Å². The van der Waals surface area contributed by atoms with E-state index in [1.54, 1.807) is 0 Å². The average Bonchev–Trinajstić information content (AvgIpc) is 2.24. The molecule has 0 radical (unpaired) electrons. The molecule has 1 spiro atoms. The highest BCUT2D eigenvalue weighted by atomic mass is 16.5. The van der Waals surface area contributed by atoms with Crippen molar-refractivity contribution in [3.05, 3.63) is 11.6 Å². The van der Waals surface area contributed by atoms with Gasteiger partial charge in [0.25, 0.3) is 0 Å². The minimum Gasteiger partial charge on any atom is -0.466 e. The number of hydrogen-bond donors (Lipinski definition) is 0. The first-order chi connectivity index (χ1) is 7.22. The molecular weight excluding hydrogens is 194 g/mol. The maximum Gasteiger partial charge on any atom is 0.334 e. The predicted octanol–water partition coefficient (Wildman–Crippen LogP) is 0.580. The number of ether oxygens (including phenoxy) is 2. The molecule has 4 heteroatoms. The fourth-order valence-electron chi connectivity index (χ4n) is 2.24. The van der Waals surface area contributed by atoms with Crippen molar-refractivity contribution in [2.45, 2.75) is 18.9 Å². The van der Waals surface area contributed by atoms with E-state index >= 15 is 0 Å². The molecule has 1 saturated heterocycles. The van der Waals surface area contributed by atoms with Gasteiger partial charge in [-0.3, -0.25) is 4.90 Å². The Kier molecular flexibility index (Phi) is 2.80. The zero-order valence-electron chi connectivity index (χ0n) is 9.28. The molecule has 0 N–H and O–H groups in total. The summed E-state index contributed by atoms with van der Waals surface area (Å²) in [6.45, 7) is 5.31. The lowest BCUT2D eigenvalue weighted by atomic mass is 9.86. The summed E-state index contributed by atoms with van der Waals surface area (Å²) in [6.07, 6.45) is 2.89. The lowest BCUT2D eigenvalue weighted by Gasteiger charge is -2.51. The van der Waals surface area contributed by atoms with E-state index in [-0.39, 0.29) is 11.5 Å². The Bertz CT molecular complexity index is 294. The molecule has 0 bridgehead atoms. The van der Waals surface area contributed by atoms with E-state index in [2.05, 4.69) is 11.8 Å². The number of carbonyl (C=O) groups excluding carboxylic acids is 1. The van der Waals surface area contributed by atoms with Gasteiger partial charge in [-0.05, 0) is 13.0 Å². The summed E-state index contributed by atoms with van der Waals surface area (Å²) in [7, 11) is 1.43. The first-order valence-corrected chi connectivity index (χ1v) is 5.32. The topological polar surface area (TPSA) is 38.8 Å². The molecule has 84 valence electrons. The maximum atomic E-state index is 11.4. The molecule has 0 aliphatic carbocycles. The monoisotopic (exact) mass is 211 g/mol. The smallest absolute Gasteiger partial charge is 0.334 e. The summed E-state index contributed by atoms with van der Waals surface area (Å²) < 4.78 is 10.0. The Morgan fingerprint density at radius 2 is 2.40 bits per heavy atom. The highest BCUT2D eigenvalue weighted by molar-refractivity contribution is 5.89. The molecule has 1 fully saturated rings. The number of carbonyl (C=O) groups is 1. The van der Waals surface area contributed by atoms with Crippen LogP contribution in [0.25, 0.3) is 0 Å². The molecule has 2 aliphatic heterocycles. The van der Waals surface area contributed by atoms with E-state index in [9.17, 15) is 4.79 Å². The van der Waals surface area contributed by atoms with Gasteiger partial charge in [-0.15, -0.1) is 0 Å². The van der Waals surface area contributed by atoms with Gasteiger partial charge in [0.05, 0.1) is 25.9 Å². The number of rotatable bonds is 2. The minimum atomic E-state index is -0.205. The number of methoxy groups -OCH3 is 1. The zero-order chi connectivity index (χ0) is 10.9. The lowest BCUT2D eigenvalue weighted by molar-refractivity contribution is -0.146. The fraction of sp³-hybridized carbons (Fsp3) is 0.727. The number of nitrogens with zero attached hydrogens (tertiary/aromatic N) is 1. The maximum absolute atomic E-state index is 11.4. The Balaban J connectivity index is 2.12. The second-order valence-electron chi connectivity index (χ2n) is 4.16. The van der Waals surface area contributed by atoms with Gasteiger partial charge in [-0.2, -0.15) is 0 Å². The van der Waals surface area contributed by atoms with Crippen LogP contribution in [0.15, 0.2) is 11.6 Å². The van der Waals surface area contributed by atoms with Crippen molar-refractivity contribution in [3.63, 3.8) is 0 Å². The van der Waals surface area contributed by atoms with Gasteiger partial charge in [-0.1, -0.05) is 13.0 Å². The zero-order valence-corrected chi connectivity index (χ0v) is 9.28. The van der Waals surface area contributed by atoms with Crippen LogP contribution in [0, 0.1) is 0 Å². The van der Waals surface area contributed by atoms with Crippen LogP contribution >= 0.6 is 0 Å². The number of hydrogen-bond acceptors (Lipinski definition) is 4. The highest BCUT2D eigenvalue weighted by Crippen LogP contribution is 2.33. The SMILES string of the molecule is CCN1CC(C(=O)OC)=CCC12COC2. The first-order valence-electron chi connectivity index (χ1n) is 5.32. The highest BCUT2D eigenvalue weighted by Gasteiger charge is 2.45. The van der Waals surface area contributed by atoms with Crippen LogP contribution in [0.2, 0.25) is 0 Å². The average molecular weight is 211 g/mol. The first kappa shape index (κ1) is 10.6. The molecule has 0 unspecified atom stereocenters. The molecule has 4 nitrogen and oxygen atoms in total. The largest absolute Gasteiger partial charge is 0.466 e. The van der Waals surface area contributed by atoms with E-state index in [0.29, 0.717) is 6.54 Å². The van der Waals surface area contributed by atoms with Gasteiger partial charge in [0.15, 0.2) is 0 Å². The molecular formula is C11H17NO3. The van der Waals surface area contributed by atoms with Crippen LogP contribution in [0.4, 0.5) is 0 Å². The molecule has 0 aromatic carbocycles. The van der Waals surface area contributed by atoms with Crippen molar-refractivity contribution in [1.82, 2.24) is 4.90 Å². The van der Waals surface area contributed by atoms with Crippen molar-refractivity contribution >= 4 is 5.97 Å². The van der Waals surface area contributed by atoms with Crippen LogP contribution in [0.5, 0.6) is 0 Å². The molecule has 2 aliphatic rings. The number of esters is 1. The summed E-state index contributed by atoms with van der Waals surface area (Å²) in [5, 5.41) is 0. The summed E-state index contributed by atoms with van der Waals surface area (Å²) in [5.41, 5.74) is 0.934. The second-order valence-corrected chi connectivity index (χ2v) is 4.16. The van der Waals surface area contributed by atoms with Gasteiger partial charge in [0.1, 0.15) is 0 Å². The van der Waals surface area contributed by atoms with Crippen molar-refractivity contribution < 1.29 is 14.3 Å². The summed E-state index contributed by atoms with van der Waals surface area (Å²) in [6, 6.07) is 0. The van der Waals surface area contributed by atoms with Gasteiger partial charge in [-0.25, -0.2) is 4.79 Å². The van der Waals surface area contributed by atoms with Crippen LogP contribution < -0.4 is 0 Å². The van der Waals surface area contributed by atoms with E-state index < -0.39 is 0 Å². The summed E-state index contributed by atoms with van der Waals surface area (Å²) in [4.78, 5) is 13.7. The third-order valence-electron chi connectivity index (χ3n) is 3.33. The quantitative estimate of drug-likeness (QED) is 0.626. The summed E-state index contributed by atoms with van der Waals surface area (Å²) in [5.74, 6) is -0.205. The third-order valence-corrected chi connectivity index (χ3v) is 3.33. The van der Waals surface area contributed by atoms with Gasteiger partial charge in [0, 0.05) is 12.1 Å². The summed E-state index contributed by atoms with van der Waals surface area (Å²) >= 11 is 0. The molecule has 2 rings (SSSR count). The Hall–Kier alpha value is -0.870. The number of likely N-dealkylation sites (N-methyl/N-ethyl adjacent to an activating group) is 1. The molecule has 2 heterocycles. The Morgan fingerprint density at radius 3 is 2.87 bits per heavy atom. The second kappa shape index (κ2) is 3.94. The molecule has 0 aromatic heterocycles. The third kappa shape index (κ3) is 1.68. The standard InChI is InChI=1S/C11H17NO3/c1-3-12-6-9(10(13)14-2)4-5-11(12)7-15-8-11/h4H,3,5-8H2,1-2H3. The fourth-order valence-corrected chi connectivity index (χ4v) is 2.24. The molecule has 0 atom stereocenters. The van der Waals surface area contributed by atoms with Crippen molar-refractivity contribution in [1.29, 1.82) is 0 Å².